The molecule has 0 atom stereocenters. The number of pyridine rings is 1. The summed E-state index contributed by atoms with van der Waals surface area (Å²) in [6, 6.07) is 10.4. The highest BCUT2D eigenvalue weighted by atomic mass is 35.5. The highest BCUT2D eigenvalue weighted by Crippen LogP contribution is 2.30. The molecule has 2 nitrogen and oxygen atoms in total. The molecule has 0 radical (unpaired) electrons. The van der Waals surface area contributed by atoms with Crippen LogP contribution in [0.25, 0.3) is 10.9 Å². The van der Waals surface area contributed by atoms with Crippen LogP contribution in [0.4, 0.5) is 5.82 Å². The van der Waals surface area contributed by atoms with E-state index in [0.717, 1.165) is 29.4 Å². The Morgan fingerprint density at radius 2 is 2.11 bits per heavy atom. The van der Waals surface area contributed by atoms with Crippen molar-refractivity contribution in [2.24, 2.45) is 5.92 Å². The van der Waals surface area contributed by atoms with E-state index in [1.165, 1.54) is 24.6 Å². The summed E-state index contributed by atoms with van der Waals surface area (Å²) in [7, 11) is 2.13. The van der Waals surface area contributed by atoms with E-state index in [0.29, 0.717) is 5.88 Å². The van der Waals surface area contributed by atoms with Crippen molar-refractivity contribution in [2.45, 2.75) is 25.1 Å². The molecule has 100 valence electrons. The zero-order chi connectivity index (χ0) is 13.2. The number of benzene rings is 1. The van der Waals surface area contributed by atoms with Crippen molar-refractivity contribution in [3.05, 3.63) is 35.9 Å². The molecule has 19 heavy (non-hydrogen) atoms. The van der Waals surface area contributed by atoms with Gasteiger partial charge in [0.2, 0.25) is 0 Å². The maximum Gasteiger partial charge on any atom is 0.133 e. The van der Waals surface area contributed by atoms with Crippen molar-refractivity contribution in [1.82, 2.24) is 4.98 Å². The second kappa shape index (κ2) is 5.38. The average Bonchev–Trinajstić information content (AvgIpc) is 2.41. The topological polar surface area (TPSA) is 16.1 Å². The predicted molar refractivity (Wildman–Crippen MR) is 81.9 cm³/mol. The quantitative estimate of drug-likeness (QED) is 0.777. The van der Waals surface area contributed by atoms with Gasteiger partial charge in [0.15, 0.2) is 0 Å². The van der Waals surface area contributed by atoms with Gasteiger partial charge in [-0.25, -0.2) is 4.98 Å². The Balaban J connectivity index is 1.95. The number of fused-ring (bicyclic) bond motifs is 1. The minimum Gasteiger partial charge on any atom is -0.359 e. The third-order valence-electron chi connectivity index (χ3n) is 4.04. The van der Waals surface area contributed by atoms with E-state index in [-0.39, 0.29) is 0 Å². The molecule has 0 spiro atoms. The van der Waals surface area contributed by atoms with Crippen molar-refractivity contribution in [3.8, 4) is 0 Å². The highest BCUT2D eigenvalue weighted by Gasteiger charge is 2.21. The maximum atomic E-state index is 6.09. The van der Waals surface area contributed by atoms with Gasteiger partial charge >= 0.3 is 0 Å². The second-order valence-corrected chi connectivity index (χ2v) is 5.74. The molecule has 2 aromatic rings. The first kappa shape index (κ1) is 12.7. The van der Waals surface area contributed by atoms with Crippen molar-refractivity contribution in [1.29, 1.82) is 0 Å². The molecule has 1 aliphatic carbocycles. The number of para-hydroxylation sites is 1. The Morgan fingerprint density at radius 1 is 1.32 bits per heavy atom. The molecule has 1 saturated carbocycles. The van der Waals surface area contributed by atoms with E-state index in [1.54, 1.807) is 0 Å². The standard InChI is InChI=1S/C16H19ClN2/c1-19(11-12-5-4-6-12)16-14(10-17)9-13-7-2-3-8-15(13)18-16/h2-3,7-9,12H,4-6,10-11H2,1H3. The summed E-state index contributed by atoms with van der Waals surface area (Å²) in [6.07, 6.45) is 4.09. The van der Waals surface area contributed by atoms with Crippen LogP contribution in [0.2, 0.25) is 0 Å². The summed E-state index contributed by atoms with van der Waals surface area (Å²) in [5.74, 6) is 2.39. The number of hydrogen-bond donors (Lipinski definition) is 0. The lowest BCUT2D eigenvalue weighted by molar-refractivity contribution is 0.321. The number of aromatic nitrogens is 1. The smallest absolute Gasteiger partial charge is 0.133 e. The summed E-state index contributed by atoms with van der Waals surface area (Å²) in [5, 5.41) is 1.17. The monoisotopic (exact) mass is 274 g/mol. The van der Waals surface area contributed by atoms with Crippen molar-refractivity contribution in [2.75, 3.05) is 18.5 Å². The normalized spacial score (nSPS) is 15.5. The second-order valence-electron chi connectivity index (χ2n) is 5.47. The molecule has 0 amide bonds. The van der Waals surface area contributed by atoms with Crippen LogP contribution >= 0.6 is 11.6 Å². The molecule has 0 unspecified atom stereocenters. The van der Waals surface area contributed by atoms with Gasteiger partial charge in [0.25, 0.3) is 0 Å². The van der Waals surface area contributed by atoms with E-state index in [1.807, 2.05) is 12.1 Å². The van der Waals surface area contributed by atoms with E-state index in [4.69, 9.17) is 16.6 Å². The molecule has 0 aliphatic heterocycles. The van der Waals surface area contributed by atoms with Crippen LogP contribution < -0.4 is 4.90 Å². The van der Waals surface area contributed by atoms with E-state index in [9.17, 15) is 0 Å². The molecular formula is C16H19ClN2. The van der Waals surface area contributed by atoms with Gasteiger partial charge in [0.05, 0.1) is 11.4 Å². The Morgan fingerprint density at radius 3 is 2.79 bits per heavy atom. The molecule has 1 heterocycles. The third kappa shape index (κ3) is 2.55. The number of halogens is 1. The molecule has 3 rings (SSSR count). The fraction of sp³-hybridized carbons (Fsp3) is 0.438. The molecule has 1 aromatic carbocycles. The van der Waals surface area contributed by atoms with Gasteiger partial charge in [-0.3, -0.25) is 0 Å². The van der Waals surface area contributed by atoms with Gasteiger partial charge in [-0.1, -0.05) is 24.6 Å². The minimum atomic E-state index is 0.516. The van der Waals surface area contributed by atoms with Crippen LogP contribution in [-0.4, -0.2) is 18.6 Å². The maximum absolute atomic E-state index is 6.09. The molecular weight excluding hydrogens is 256 g/mol. The van der Waals surface area contributed by atoms with Crippen LogP contribution in [0.5, 0.6) is 0 Å². The Labute approximate surface area is 119 Å². The zero-order valence-corrected chi connectivity index (χ0v) is 12.0. The van der Waals surface area contributed by atoms with Crippen LogP contribution in [0.15, 0.2) is 30.3 Å². The van der Waals surface area contributed by atoms with Crippen LogP contribution in [0, 0.1) is 5.92 Å². The fourth-order valence-corrected chi connectivity index (χ4v) is 2.92. The summed E-state index contributed by atoms with van der Waals surface area (Å²) < 4.78 is 0. The molecule has 0 N–H and O–H groups in total. The Bertz CT molecular complexity index is 578. The lowest BCUT2D eigenvalue weighted by Gasteiger charge is -2.31. The molecule has 0 bridgehead atoms. The number of hydrogen-bond acceptors (Lipinski definition) is 2. The molecule has 1 fully saturated rings. The van der Waals surface area contributed by atoms with Gasteiger partial charge < -0.3 is 4.90 Å². The van der Waals surface area contributed by atoms with Crippen LogP contribution in [-0.2, 0) is 5.88 Å². The number of rotatable bonds is 4. The zero-order valence-electron chi connectivity index (χ0n) is 11.3. The largest absolute Gasteiger partial charge is 0.359 e. The van der Waals surface area contributed by atoms with E-state index >= 15 is 0 Å². The van der Waals surface area contributed by atoms with Gasteiger partial charge in [-0.15, -0.1) is 11.6 Å². The minimum absolute atomic E-state index is 0.516. The summed E-state index contributed by atoms with van der Waals surface area (Å²) >= 11 is 6.09. The third-order valence-corrected chi connectivity index (χ3v) is 4.33. The first-order valence-electron chi connectivity index (χ1n) is 6.93. The molecule has 0 saturated heterocycles. The summed E-state index contributed by atoms with van der Waals surface area (Å²) in [4.78, 5) is 7.07. The predicted octanol–water partition coefficient (Wildman–Crippen LogP) is 4.21. The van der Waals surface area contributed by atoms with Gasteiger partial charge in [0.1, 0.15) is 5.82 Å². The van der Waals surface area contributed by atoms with Crippen LogP contribution in [0.1, 0.15) is 24.8 Å². The van der Waals surface area contributed by atoms with Gasteiger partial charge in [-0.2, -0.15) is 0 Å². The van der Waals surface area contributed by atoms with Crippen molar-refractivity contribution < 1.29 is 0 Å². The van der Waals surface area contributed by atoms with Crippen molar-refractivity contribution >= 4 is 28.3 Å². The SMILES string of the molecule is CN(CC1CCC1)c1nc2ccccc2cc1CCl. The number of alkyl halides is 1. The lowest BCUT2D eigenvalue weighted by atomic mass is 9.85. The van der Waals surface area contributed by atoms with E-state index < -0.39 is 0 Å². The number of nitrogens with zero attached hydrogens (tertiary/aromatic N) is 2. The molecule has 1 aliphatic rings. The first-order valence-corrected chi connectivity index (χ1v) is 7.47. The van der Waals surface area contributed by atoms with Gasteiger partial charge in [-0.05, 0) is 30.9 Å². The van der Waals surface area contributed by atoms with Gasteiger partial charge in [0, 0.05) is 24.5 Å². The van der Waals surface area contributed by atoms with Crippen LogP contribution in [0.3, 0.4) is 0 Å². The number of anilines is 1. The van der Waals surface area contributed by atoms with Crippen molar-refractivity contribution in [3.63, 3.8) is 0 Å². The Hall–Kier alpha value is -1.28. The van der Waals surface area contributed by atoms with E-state index in [2.05, 4.69) is 30.1 Å². The Kier molecular flexibility index (Phi) is 3.61. The lowest BCUT2D eigenvalue weighted by Crippen LogP contribution is -2.30. The summed E-state index contributed by atoms with van der Waals surface area (Å²) in [5.41, 5.74) is 2.18. The molecule has 1 aromatic heterocycles. The average molecular weight is 275 g/mol. The summed E-state index contributed by atoms with van der Waals surface area (Å²) in [6.45, 7) is 1.09. The first-order chi connectivity index (χ1) is 9.28. The fourth-order valence-electron chi connectivity index (χ4n) is 2.73. The molecule has 3 heteroatoms. The highest BCUT2D eigenvalue weighted by molar-refractivity contribution is 6.17.